The van der Waals surface area contributed by atoms with E-state index in [9.17, 15) is 4.79 Å². The van der Waals surface area contributed by atoms with Gasteiger partial charge >= 0.3 is 0 Å². The lowest BCUT2D eigenvalue weighted by Gasteiger charge is -2.31. The zero-order chi connectivity index (χ0) is 17.8. The Labute approximate surface area is 166 Å². The summed E-state index contributed by atoms with van der Waals surface area (Å²) >= 11 is 15.9. The van der Waals surface area contributed by atoms with Crippen LogP contribution in [0.1, 0.15) is 18.4 Å². The predicted octanol–water partition coefficient (Wildman–Crippen LogP) is 5.61. The van der Waals surface area contributed by atoms with Gasteiger partial charge in [-0.1, -0.05) is 45.2 Å². The van der Waals surface area contributed by atoms with E-state index in [0.29, 0.717) is 10.0 Å². The lowest BCUT2D eigenvalue weighted by Crippen LogP contribution is -2.37. The van der Waals surface area contributed by atoms with E-state index in [1.54, 1.807) is 0 Å². The fraction of sp³-hybridized carbons (Fsp3) is 0.316. The fourth-order valence-corrected chi connectivity index (χ4v) is 3.82. The first kappa shape index (κ1) is 18.7. The number of rotatable bonds is 4. The third-order valence-electron chi connectivity index (χ3n) is 4.51. The molecule has 1 aliphatic rings. The minimum absolute atomic E-state index is 0.0432. The van der Waals surface area contributed by atoms with Crippen LogP contribution >= 0.6 is 39.1 Å². The summed E-state index contributed by atoms with van der Waals surface area (Å²) < 4.78 is 0.997. The van der Waals surface area contributed by atoms with E-state index in [1.165, 1.54) is 0 Å². The number of amides is 1. The van der Waals surface area contributed by atoms with Gasteiger partial charge in [-0.25, -0.2) is 0 Å². The van der Waals surface area contributed by atoms with Crippen molar-refractivity contribution in [2.24, 2.45) is 5.92 Å². The molecule has 1 amide bonds. The second-order valence-corrected chi connectivity index (χ2v) is 7.98. The van der Waals surface area contributed by atoms with E-state index in [0.717, 1.165) is 48.2 Å². The molecule has 3 nitrogen and oxygen atoms in total. The molecule has 3 rings (SSSR count). The Bertz CT molecular complexity index is 723. The van der Waals surface area contributed by atoms with Crippen LogP contribution in [0.4, 0.5) is 5.69 Å². The summed E-state index contributed by atoms with van der Waals surface area (Å²) in [4.78, 5) is 14.7. The molecule has 0 aromatic heterocycles. The van der Waals surface area contributed by atoms with Crippen LogP contribution in [0.15, 0.2) is 46.9 Å². The SMILES string of the molecule is O=C(Nc1ccc(Br)cc1)C1CCN(Cc2c(Cl)cccc2Cl)CC1. The Morgan fingerprint density at radius 1 is 1.08 bits per heavy atom. The van der Waals surface area contributed by atoms with Crippen LogP contribution in [0.5, 0.6) is 0 Å². The summed E-state index contributed by atoms with van der Waals surface area (Å²) in [6, 6.07) is 13.2. The average Bonchev–Trinajstić information content (AvgIpc) is 2.61. The van der Waals surface area contributed by atoms with Gasteiger partial charge in [-0.15, -0.1) is 0 Å². The highest BCUT2D eigenvalue weighted by Crippen LogP contribution is 2.28. The van der Waals surface area contributed by atoms with Crippen molar-refractivity contribution in [1.29, 1.82) is 0 Å². The van der Waals surface area contributed by atoms with Crippen LogP contribution in [-0.4, -0.2) is 23.9 Å². The number of halogens is 3. The normalized spacial score (nSPS) is 16.0. The number of likely N-dealkylation sites (tertiary alicyclic amines) is 1. The molecule has 1 N–H and O–H groups in total. The van der Waals surface area contributed by atoms with Gasteiger partial charge in [-0.2, -0.15) is 0 Å². The van der Waals surface area contributed by atoms with E-state index in [2.05, 4.69) is 26.1 Å². The summed E-state index contributed by atoms with van der Waals surface area (Å²) in [5.41, 5.74) is 1.79. The number of benzene rings is 2. The topological polar surface area (TPSA) is 32.3 Å². The predicted molar refractivity (Wildman–Crippen MR) is 107 cm³/mol. The Hall–Kier alpha value is -1.07. The fourth-order valence-electron chi connectivity index (χ4n) is 3.04. The van der Waals surface area contributed by atoms with Crippen LogP contribution in [0.3, 0.4) is 0 Å². The molecule has 1 saturated heterocycles. The van der Waals surface area contributed by atoms with Gasteiger partial charge in [0.25, 0.3) is 0 Å². The highest BCUT2D eigenvalue weighted by Gasteiger charge is 2.25. The van der Waals surface area contributed by atoms with Gasteiger partial charge in [-0.3, -0.25) is 9.69 Å². The molecular weight excluding hydrogens is 423 g/mol. The Kier molecular flexibility index (Phi) is 6.39. The third-order valence-corrected chi connectivity index (χ3v) is 5.75. The van der Waals surface area contributed by atoms with E-state index >= 15 is 0 Å². The van der Waals surface area contributed by atoms with Gasteiger partial charge in [0.15, 0.2) is 0 Å². The molecule has 0 unspecified atom stereocenters. The largest absolute Gasteiger partial charge is 0.326 e. The summed E-state index contributed by atoms with van der Waals surface area (Å²) in [5.74, 6) is 0.138. The molecule has 0 saturated carbocycles. The maximum absolute atomic E-state index is 12.4. The number of carbonyl (C=O) groups is 1. The van der Waals surface area contributed by atoms with Crippen molar-refractivity contribution < 1.29 is 4.79 Å². The molecular formula is C19H19BrCl2N2O. The first-order valence-electron chi connectivity index (χ1n) is 8.24. The van der Waals surface area contributed by atoms with Crippen molar-refractivity contribution in [3.63, 3.8) is 0 Å². The summed E-state index contributed by atoms with van der Waals surface area (Å²) in [5, 5.41) is 4.39. The van der Waals surface area contributed by atoms with E-state index in [4.69, 9.17) is 23.2 Å². The van der Waals surface area contributed by atoms with Crippen LogP contribution in [0.2, 0.25) is 10.0 Å². The number of nitrogens with zero attached hydrogens (tertiary/aromatic N) is 1. The molecule has 6 heteroatoms. The number of hydrogen-bond donors (Lipinski definition) is 1. The number of nitrogens with one attached hydrogen (secondary N) is 1. The molecule has 1 aliphatic heterocycles. The highest BCUT2D eigenvalue weighted by atomic mass is 79.9. The Balaban J connectivity index is 1.53. The van der Waals surface area contributed by atoms with Crippen molar-refractivity contribution in [3.8, 4) is 0 Å². The van der Waals surface area contributed by atoms with E-state index < -0.39 is 0 Å². The van der Waals surface area contributed by atoms with Crippen molar-refractivity contribution in [3.05, 3.63) is 62.5 Å². The Morgan fingerprint density at radius 2 is 1.68 bits per heavy atom. The van der Waals surface area contributed by atoms with Crippen LogP contribution < -0.4 is 5.32 Å². The molecule has 0 atom stereocenters. The summed E-state index contributed by atoms with van der Waals surface area (Å²) in [6.45, 7) is 2.44. The molecule has 2 aromatic carbocycles. The average molecular weight is 442 g/mol. The maximum atomic E-state index is 12.4. The molecule has 0 aliphatic carbocycles. The monoisotopic (exact) mass is 440 g/mol. The van der Waals surface area contributed by atoms with Crippen molar-refractivity contribution >= 4 is 50.7 Å². The van der Waals surface area contributed by atoms with E-state index in [-0.39, 0.29) is 11.8 Å². The molecule has 0 bridgehead atoms. The maximum Gasteiger partial charge on any atom is 0.227 e. The number of piperidine rings is 1. The second kappa shape index (κ2) is 8.54. The van der Waals surface area contributed by atoms with Crippen LogP contribution in [0, 0.1) is 5.92 Å². The molecule has 25 heavy (non-hydrogen) atoms. The van der Waals surface area contributed by atoms with Gasteiger partial charge in [-0.05, 0) is 62.3 Å². The minimum Gasteiger partial charge on any atom is -0.326 e. The molecule has 1 fully saturated rings. The first-order chi connectivity index (χ1) is 12.0. The number of hydrogen-bond acceptors (Lipinski definition) is 2. The Morgan fingerprint density at radius 3 is 2.28 bits per heavy atom. The number of carbonyl (C=O) groups excluding carboxylic acids is 1. The van der Waals surface area contributed by atoms with Crippen LogP contribution in [0.25, 0.3) is 0 Å². The highest BCUT2D eigenvalue weighted by molar-refractivity contribution is 9.10. The van der Waals surface area contributed by atoms with Crippen molar-refractivity contribution in [2.75, 3.05) is 18.4 Å². The van der Waals surface area contributed by atoms with Crippen molar-refractivity contribution in [1.82, 2.24) is 4.90 Å². The quantitative estimate of drug-likeness (QED) is 0.668. The molecule has 132 valence electrons. The first-order valence-corrected chi connectivity index (χ1v) is 9.79. The van der Waals surface area contributed by atoms with Crippen LogP contribution in [-0.2, 0) is 11.3 Å². The lowest BCUT2D eigenvalue weighted by molar-refractivity contribution is -0.121. The molecule has 0 radical (unpaired) electrons. The lowest BCUT2D eigenvalue weighted by atomic mass is 9.95. The minimum atomic E-state index is 0.0432. The standard InChI is InChI=1S/C19H19BrCl2N2O/c20-14-4-6-15(7-5-14)23-19(25)13-8-10-24(11-9-13)12-16-17(21)2-1-3-18(16)22/h1-7,13H,8-12H2,(H,23,25). The van der Waals surface area contributed by atoms with Gasteiger partial charge < -0.3 is 5.32 Å². The van der Waals surface area contributed by atoms with Gasteiger partial charge in [0.05, 0.1) is 0 Å². The zero-order valence-electron chi connectivity index (χ0n) is 13.6. The molecule has 1 heterocycles. The van der Waals surface area contributed by atoms with Gasteiger partial charge in [0.2, 0.25) is 5.91 Å². The van der Waals surface area contributed by atoms with E-state index in [1.807, 2.05) is 42.5 Å². The zero-order valence-corrected chi connectivity index (χ0v) is 16.7. The second-order valence-electron chi connectivity index (χ2n) is 6.25. The smallest absolute Gasteiger partial charge is 0.227 e. The number of anilines is 1. The summed E-state index contributed by atoms with van der Waals surface area (Å²) in [7, 11) is 0. The third kappa shape index (κ3) is 4.98. The van der Waals surface area contributed by atoms with Gasteiger partial charge in [0.1, 0.15) is 0 Å². The van der Waals surface area contributed by atoms with Crippen molar-refractivity contribution in [2.45, 2.75) is 19.4 Å². The molecule has 0 spiro atoms. The summed E-state index contributed by atoms with van der Waals surface area (Å²) in [6.07, 6.45) is 1.68. The van der Waals surface area contributed by atoms with Gasteiger partial charge in [0, 0.05) is 38.2 Å². The molecule has 2 aromatic rings.